The van der Waals surface area contributed by atoms with Crippen molar-refractivity contribution >= 4 is 5.65 Å². The largest absolute Gasteiger partial charge is 0.316 e. The van der Waals surface area contributed by atoms with E-state index in [4.69, 9.17) is 4.98 Å². The third-order valence-electron chi connectivity index (χ3n) is 3.00. The average Bonchev–Trinajstić information content (AvgIpc) is 2.85. The van der Waals surface area contributed by atoms with Crippen molar-refractivity contribution in [1.29, 1.82) is 0 Å². The number of fused-ring (bicyclic) bond motifs is 1. The number of pyridine rings is 1. The van der Waals surface area contributed by atoms with Gasteiger partial charge in [0.05, 0.1) is 5.69 Å². The zero-order valence-corrected chi connectivity index (χ0v) is 10.3. The van der Waals surface area contributed by atoms with Crippen molar-refractivity contribution in [2.24, 2.45) is 0 Å². The maximum atomic E-state index is 4.72. The fourth-order valence-corrected chi connectivity index (χ4v) is 2.15. The molecule has 3 nitrogen and oxygen atoms in total. The molecular formula is C15H15N3. The van der Waals surface area contributed by atoms with Gasteiger partial charge in [-0.1, -0.05) is 36.4 Å². The highest BCUT2D eigenvalue weighted by Crippen LogP contribution is 2.20. The van der Waals surface area contributed by atoms with Crippen LogP contribution in [0.25, 0.3) is 16.9 Å². The van der Waals surface area contributed by atoms with E-state index in [1.54, 1.807) is 0 Å². The van der Waals surface area contributed by atoms with Crippen molar-refractivity contribution in [3.63, 3.8) is 0 Å². The summed E-state index contributed by atoms with van der Waals surface area (Å²) in [6.07, 6.45) is 4.11. The topological polar surface area (TPSA) is 29.3 Å². The summed E-state index contributed by atoms with van der Waals surface area (Å²) in [7, 11) is 1.95. The zero-order chi connectivity index (χ0) is 12.4. The Morgan fingerprint density at radius 2 is 1.94 bits per heavy atom. The van der Waals surface area contributed by atoms with Gasteiger partial charge in [-0.05, 0) is 13.1 Å². The SMILES string of the molecule is CNCc1cccn2cc(-c3ccccc3)nc12. The van der Waals surface area contributed by atoms with Crippen LogP contribution >= 0.6 is 0 Å². The average molecular weight is 237 g/mol. The first-order valence-corrected chi connectivity index (χ1v) is 6.05. The van der Waals surface area contributed by atoms with Gasteiger partial charge >= 0.3 is 0 Å². The lowest BCUT2D eigenvalue weighted by Gasteiger charge is -2.01. The van der Waals surface area contributed by atoms with Crippen molar-refractivity contribution in [3.8, 4) is 11.3 Å². The summed E-state index contributed by atoms with van der Waals surface area (Å²) in [5.41, 5.74) is 4.39. The summed E-state index contributed by atoms with van der Waals surface area (Å²) in [6, 6.07) is 14.4. The molecule has 90 valence electrons. The van der Waals surface area contributed by atoms with Gasteiger partial charge in [-0.2, -0.15) is 0 Å². The van der Waals surface area contributed by atoms with Gasteiger partial charge in [0.15, 0.2) is 0 Å². The fraction of sp³-hybridized carbons (Fsp3) is 0.133. The summed E-state index contributed by atoms with van der Waals surface area (Å²) >= 11 is 0. The molecule has 0 fully saturated rings. The highest BCUT2D eigenvalue weighted by molar-refractivity contribution is 5.64. The van der Waals surface area contributed by atoms with E-state index in [0.29, 0.717) is 0 Å². The molecule has 3 aromatic rings. The Kier molecular flexibility index (Phi) is 2.82. The van der Waals surface area contributed by atoms with Crippen LogP contribution in [-0.4, -0.2) is 16.4 Å². The van der Waals surface area contributed by atoms with E-state index < -0.39 is 0 Å². The molecule has 0 bridgehead atoms. The zero-order valence-electron chi connectivity index (χ0n) is 10.3. The molecule has 0 aliphatic carbocycles. The number of aromatic nitrogens is 2. The number of hydrogen-bond donors (Lipinski definition) is 1. The van der Waals surface area contributed by atoms with Crippen LogP contribution in [-0.2, 0) is 6.54 Å². The van der Waals surface area contributed by atoms with Gasteiger partial charge in [-0.25, -0.2) is 4.98 Å². The van der Waals surface area contributed by atoms with Gasteiger partial charge in [0.1, 0.15) is 5.65 Å². The Morgan fingerprint density at radius 3 is 2.72 bits per heavy atom. The van der Waals surface area contributed by atoms with Crippen molar-refractivity contribution in [3.05, 3.63) is 60.4 Å². The van der Waals surface area contributed by atoms with Crippen LogP contribution in [0.5, 0.6) is 0 Å². The van der Waals surface area contributed by atoms with Crippen LogP contribution in [0.4, 0.5) is 0 Å². The lowest BCUT2D eigenvalue weighted by Crippen LogP contribution is -2.06. The van der Waals surface area contributed by atoms with E-state index in [-0.39, 0.29) is 0 Å². The van der Waals surface area contributed by atoms with Gasteiger partial charge in [-0.15, -0.1) is 0 Å². The molecule has 0 aliphatic heterocycles. The minimum Gasteiger partial charge on any atom is -0.316 e. The summed E-state index contributed by atoms with van der Waals surface area (Å²) in [5, 5.41) is 3.17. The Balaban J connectivity index is 2.14. The number of nitrogens with one attached hydrogen (secondary N) is 1. The molecule has 0 saturated carbocycles. The minimum atomic E-state index is 0.829. The quantitative estimate of drug-likeness (QED) is 0.759. The number of nitrogens with zero attached hydrogens (tertiary/aromatic N) is 2. The molecule has 18 heavy (non-hydrogen) atoms. The van der Waals surface area contributed by atoms with E-state index in [2.05, 4.69) is 40.2 Å². The molecule has 0 spiro atoms. The number of imidazole rings is 1. The molecule has 1 aromatic carbocycles. The molecule has 0 unspecified atom stereocenters. The van der Waals surface area contributed by atoms with E-state index in [0.717, 1.165) is 23.4 Å². The number of rotatable bonds is 3. The van der Waals surface area contributed by atoms with Crippen molar-refractivity contribution in [2.75, 3.05) is 7.05 Å². The monoisotopic (exact) mass is 237 g/mol. The lowest BCUT2D eigenvalue weighted by molar-refractivity contribution is 0.816. The molecule has 3 rings (SSSR count). The maximum absolute atomic E-state index is 4.72. The molecule has 2 heterocycles. The summed E-state index contributed by atoms with van der Waals surface area (Å²) < 4.78 is 2.08. The van der Waals surface area contributed by atoms with Crippen LogP contribution in [0.3, 0.4) is 0 Å². The van der Waals surface area contributed by atoms with E-state index in [1.165, 1.54) is 5.56 Å². The molecule has 0 radical (unpaired) electrons. The molecule has 1 N–H and O–H groups in total. The van der Waals surface area contributed by atoms with Crippen LogP contribution in [0, 0.1) is 0 Å². The number of hydrogen-bond acceptors (Lipinski definition) is 2. The predicted molar refractivity (Wildman–Crippen MR) is 73.4 cm³/mol. The highest BCUT2D eigenvalue weighted by atomic mass is 15.0. The number of benzene rings is 1. The first-order valence-electron chi connectivity index (χ1n) is 6.05. The van der Waals surface area contributed by atoms with Gasteiger partial charge < -0.3 is 9.72 Å². The summed E-state index contributed by atoms with van der Waals surface area (Å²) in [4.78, 5) is 4.72. The second-order valence-electron chi connectivity index (χ2n) is 4.29. The predicted octanol–water partition coefficient (Wildman–Crippen LogP) is 2.72. The first-order chi connectivity index (χ1) is 8.88. The Morgan fingerprint density at radius 1 is 1.11 bits per heavy atom. The summed E-state index contributed by atoms with van der Waals surface area (Å²) in [6.45, 7) is 0.829. The molecular weight excluding hydrogens is 222 g/mol. The van der Waals surface area contributed by atoms with Gasteiger partial charge in [0, 0.05) is 30.1 Å². The van der Waals surface area contributed by atoms with Gasteiger partial charge in [-0.3, -0.25) is 0 Å². The Bertz CT molecular complexity index is 656. The smallest absolute Gasteiger partial charge is 0.141 e. The van der Waals surface area contributed by atoms with E-state index in [9.17, 15) is 0 Å². The van der Waals surface area contributed by atoms with Crippen molar-refractivity contribution in [2.45, 2.75) is 6.54 Å². The van der Waals surface area contributed by atoms with Crippen LogP contribution in [0.15, 0.2) is 54.9 Å². The second-order valence-corrected chi connectivity index (χ2v) is 4.29. The lowest BCUT2D eigenvalue weighted by atomic mass is 10.2. The molecule has 3 heteroatoms. The van der Waals surface area contributed by atoms with Crippen LogP contribution in [0.2, 0.25) is 0 Å². The molecule has 0 aliphatic rings. The highest BCUT2D eigenvalue weighted by Gasteiger charge is 2.06. The second kappa shape index (κ2) is 4.63. The van der Waals surface area contributed by atoms with Crippen molar-refractivity contribution < 1.29 is 0 Å². The summed E-state index contributed by atoms with van der Waals surface area (Å²) in [5.74, 6) is 0. The van der Waals surface area contributed by atoms with E-state index in [1.807, 2.05) is 31.4 Å². The molecule has 0 atom stereocenters. The normalized spacial score (nSPS) is 10.9. The van der Waals surface area contributed by atoms with Crippen LogP contribution < -0.4 is 5.32 Å². The third kappa shape index (κ3) is 1.89. The molecule has 0 amide bonds. The Hall–Kier alpha value is -2.13. The maximum Gasteiger partial charge on any atom is 0.141 e. The Labute approximate surface area is 106 Å². The molecule has 2 aromatic heterocycles. The van der Waals surface area contributed by atoms with E-state index >= 15 is 0 Å². The van der Waals surface area contributed by atoms with Crippen molar-refractivity contribution in [1.82, 2.24) is 14.7 Å². The standard InChI is InChI=1S/C15H15N3/c1-16-10-13-8-5-9-18-11-14(17-15(13)18)12-6-3-2-4-7-12/h2-9,11,16H,10H2,1H3. The fourth-order valence-electron chi connectivity index (χ4n) is 2.15. The first kappa shape index (κ1) is 11.0. The van der Waals surface area contributed by atoms with Gasteiger partial charge in [0.25, 0.3) is 0 Å². The third-order valence-corrected chi connectivity index (χ3v) is 3.00. The van der Waals surface area contributed by atoms with Crippen LogP contribution in [0.1, 0.15) is 5.56 Å². The minimum absolute atomic E-state index is 0.829. The van der Waals surface area contributed by atoms with Gasteiger partial charge in [0.2, 0.25) is 0 Å². The molecule has 0 saturated heterocycles.